The van der Waals surface area contributed by atoms with Gasteiger partial charge in [-0.3, -0.25) is 4.79 Å². The maximum atomic E-state index is 12.3. The van der Waals surface area contributed by atoms with E-state index in [4.69, 9.17) is 0 Å². The largest absolute Gasteiger partial charge is 0.355 e. The zero-order valence-electron chi connectivity index (χ0n) is 16.7. The van der Waals surface area contributed by atoms with Gasteiger partial charge in [-0.25, -0.2) is 0 Å². The Morgan fingerprint density at radius 1 is 1.25 bits per heavy atom. The molecule has 0 fully saturated rings. The minimum absolute atomic E-state index is 0.0558. The average molecular weight is 417 g/mol. The Labute approximate surface area is 175 Å². The quantitative estimate of drug-likeness (QED) is 0.446. The monoisotopic (exact) mass is 416 g/mol. The molecule has 2 aromatic rings. The van der Waals surface area contributed by atoms with Crippen molar-refractivity contribution in [2.24, 2.45) is 0 Å². The van der Waals surface area contributed by atoms with Gasteiger partial charge in [0.2, 0.25) is 11.0 Å². The van der Waals surface area contributed by atoms with Crippen LogP contribution in [-0.2, 0) is 4.79 Å². The number of thioether (sulfide) groups is 1. The van der Waals surface area contributed by atoms with Gasteiger partial charge in [0.1, 0.15) is 0 Å². The van der Waals surface area contributed by atoms with Crippen LogP contribution in [0.1, 0.15) is 50.2 Å². The minimum Gasteiger partial charge on any atom is -0.355 e. The summed E-state index contributed by atoms with van der Waals surface area (Å²) in [5.41, 5.74) is 4.98. The number of anilines is 2. The molecule has 1 amide bonds. The molecule has 2 N–H and O–H groups in total. The molecule has 3 rings (SSSR count). The lowest BCUT2D eigenvalue weighted by molar-refractivity contribution is -0.120. The molecular formula is C21H28N4OS2. The van der Waals surface area contributed by atoms with Gasteiger partial charge in [-0.2, -0.15) is 0 Å². The Kier molecular flexibility index (Phi) is 7.50. The summed E-state index contributed by atoms with van der Waals surface area (Å²) in [5, 5.41) is 15.3. The molecule has 1 aromatic carbocycles. The van der Waals surface area contributed by atoms with Gasteiger partial charge in [-0.1, -0.05) is 40.8 Å². The topological polar surface area (TPSA) is 66.9 Å². The molecular weight excluding hydrogens is 388 g/mol. The van der Waals surface area contributed by atoms with Gasteiger partial charge in [-0.15, -0.1) is 10.2 Å². The number of hydrogen-bond donors (Lipinski definition) is 2. The van der Waals surface area contributed by atoms with Crippen LogP contribution in [0.3, 0.4) is 0 Å². The average Bonchev–Trinajstić information content (AvgIpc) is 3.12. The standard InChI is InChI=1S/C21H28N4OS2/c1-14-9-10-18(13-15(14)2)23-20-24-25-21(28-20)27-16(3)19(26)22-12-11-17-7-5-4-6-8-17/h7,9-10,13,16H,4-6,8,11-12H2,1-3H3,(H,22,26)(H,23,24)/t16-/m1/s1. The fourth-order valence-electron chi connectivity index (χ4n) is 3.08. The SMILES string of the molecule is Cc1ccc(Nc2nnc(S[C@H](C)C(=O)NCCC3=CCCCC3)s2)cc1C. The summed E-state index contributed by atoms with van der Waals surface area (Å²) >= 11 is 2.92. The maximum Gasteiger partial charge on any atom is 0.233 e. The predicted molar refractivity (Wildman–Crippen MR) is 119 cm³/mol. The highest BCUT2D eigenvalue weighted by molar-refractivity contribution is 8.02. The van der Waals surface area contributed by atoms with Crippen molar-refractivity contribution in [1.29, 1.82) is 0 Å². The summed E-state index contributed by atoms with van der Waals surface area (Å²) in [6.07, 6.45) is 8.24. The summed E-state index contributed by atoms with van der Waals surface area (Å²) < 4.78 is 0.795. The van der Waals surface area contributed by atoms with Crippen LogP contribution >= 0.6 is 23.1 Å². The number of nitrogens with one attached hydrogen (secondary N) is 2. The van der Waals surface area contributed by atoms with E-state index in [1.807, 2.05) is 13.0 Å². The van der Waals surface area contributed by atoms with Crippen LogP contribution in [0, 0.1) is 13.8 Å². The third-order valence-corrected chi connectivity index (χ3v) is 6.96. The van der Waals surface area contributed by atoms with Crippen molar-refractivity contribution in [3.05, 3.63) is 41.0 Å². The maximum absolute atomic E-state index is 12.3. The fraction of sp³-hybridized carbons (Fsp3) is 0.476. The van der Waals surface area contributed by atoms with E-state index in [1.165, 1.54) is 65.5 Å². The lowest BCUT2D eigenvalue weighted by Crippen LogP contribution is -2.31. The molecule has 0 saturated heterocycles. The van der Waals surface area contributed by atoms with E-state index in [9.17, 15) is 4.79 Å². The Morgan fingerprint density at radius 2 is 2.11 bits per heavy atom. The highest BCUT2D eigenvalue weighted by Crippen LogP contribution is 2.31. The molecule has 0 radical (unpaired) electrons. The number of aryl methyl sites for hydroxylation is 2. The lowest BCUT2D eigenvalue weighted by Gasteiger charge is -2.14. The number of carbonyl (C=O) groups excluding carboxylic acids is 1. The van der Waals surface area contributed by atoms with Crippen molar-refractivity contribution < 1.29 is 4.79 Å². The third-order valence-electron chi connectivity index (χ3n) is 4.94. The molecule has 1 heterocycles. The third kappa shape index (κ3) is 6.07. The number of hydrogen-bond acceptors (Lipinski definition) is 6. The van der Waals surface area contributed by atoms with Crippen molar-refractivity contribution >= 4 is 39.8 Å². The van der Waals surface area contributed by atoms with Crippen LogP contribution in [-0.4, -0.2) is 27.9 Å². The van der Waals surface area contributed by atoms with Crippen LogP contribution in [0.5, 0.6) is 0 Å². The first-order chi connectivity index (χ1) is 13.5. The molecule has 150 valence electrons. The summed E-state index contributed by atoms with van der Waals surface area (Å²) in [4.78, 5) is 12.3. The van der Waals surface area contributed by atoms with Gasteiger partial charge in [0.25, 0.3) is 0 Å². The van der Waals surface area contributed by atoms with Crippen LogP contribution in [0.25, 0.3) is 0 Å². The van der Waals surface area contributed by atoms with Crippen LogP contribution < -0.4 is 10.6 Å². The predicted octanol–water partition coefficient (Wildman–Crippen LogP) is 5.39. The van der Waals surface area contributed by atoms with E-state index in [0.29, 0.717) is 6.54 Å². The minimum atomic E-state index is -0.192. The number of rotatable bonds is 8. The van der Waals surface area contributed by atoms with Crippen LogP contribution in [0.15, 0.2) is 34.2 Å². The van der Waals surface area contributed by atoms with Crippen molar-refractivity contribution in [3.8, 4) is 0 Å². The molecule has 0 spiro atoms. The Bertz CT molecular complexity index is 847. The molecule has 1 aliphatic rings. The molecule has 0 unspecified atom stereocenters. The van der Waals surface area contributed by atoms with E-state index in [0.717, 1.165) is 21.6 Å². The summed E-state index contributed by atoms with van der Waals surface area (Å²) in [6.45, 7) is 6.81. The zero-order chi connectivity index (χ0) is 19.9. The number of amides is 1. The van der Waals surface area contributed by atoms with Gasteiger partial charge in [0, 0.05) is 12.2 Å². The van der Waals surface area contributed by atoms with E-state index in [2.05, 4.69) is 52.9 Å². The fourth-order valence-corrected chi connectivity index (χ4v) is 5.02. The lowest BCUT2D eigenvalue weighted by atomic mass is 9.97. The zero-order valence-corrected chi connectivity index (χ0v) is 18.4. The van der Waals surface area contributed by atoms with E-state index >= 15 is 0 Å². The van der Waals surface area contributed by atoms with Gasteiger partial charge >= 0.3 is 0 Å². The molecule has 0 bridgehead atoms. The number of carbonyl (C=O) groups is 1. The number of allylic oxidation sites excluding steroid dienone is 1. The van der Waals surface area contributed by atoms with Crippen molar-refractivity contribution in [2.75, 3.05) is 11.9 Å². The van der Waals surface area contributed by atoms with Crippen LogP contribution in [0.2, 0.25) is 0 Å². The number of aromatic nitrogens is 2. The first kappa shape index (κ1) is 20.9. The van der Waals surface area contributed by atoms with E-state index in [-0.39, 0.29) is 11.2 Å². The first-order valence-electron chi connectivity index (χ1n) is 9.81. The molecule has 7 heteroatoms. The Hall–Kier alpha value is -1.86. The molecule has 28 heavy (non-hydrogen) atoms. The highest BCUT2D eigenvalue weighted by atomic mass is 32.2. The molecule has 0 saturated carbocycles. The van der Waals surface area contributed by atoms with E-state index < -0.39 is 0 Å². The second kappa shape index (κ2) is 10.1. The van der Waals surface area contributed by atoms with Crippen molar-refractivity contribution in [1.82, 2.24) is 15.5 Å². The molecule has 1 aromatic heterocycles. The van der Waals surface area contributed by atoms with Gasteiger partial charge in [0.05, 0.1) is 5.25 Å². The summed E-state index contributed by atoms with van der Waals surface area (Å²) in [7, 11) is 0. The normalized spacial score (nSPS) is 15.0. The van der Waals surface area contributed by atoms with E-state index in [1.54, 1.807) is 0 Å². The van der Waals surface area contributed by atoms with Crippen molar-refractivity contribution in [3.63, 3.8) is 0 Å². The number of benzene rings is 1. The Morgan fingerprint density at radius 3 is 2.86 bits per heavy atom. The smallest absolute Gasteiger partial charge is 0.233 e. The van der Waals surface area contributed by atoms with Crippen molar-refractivity contribution in [2.45, 2.75) is 62.5 Å². The summed E-state index contributed by atoms with van der Waals surface area (Å²) in [6, 6.07) is 6.22. The van der Waals surface area contributed by atoms with Gasteiger partial charge in [0.15, 0.2) is 4.34 Å². The molecule has 0 aliphatic heterocycles. The summed E-state index contributed by atoms with van der Waals surface area (Å²) in [5.74, 6) is 0.0558. The van der Waals surface area contributed by atoms with Gasteiger partial charge < -0.3 is 10.6 Å². The molecule has 5 nitrogen and oxygen atoms in total. The number of nitrogens with zero attached hydrogens (tertiary/aromatic N) is 2. The second-order valence-corrected chi connectivity index (χ2v) is 9.77. The Balaban J connectivity index is 1.46. The first-order valence-corrected chi connectivity index (χ1v) is 11.5. The molecule has 1 aliphatic carbocycles. The second-order valence-electron chi connectivity index (χ2n) is 7.21. The van der Waals surface area contributed by atoms with Crippen LogP contribution in [0.4, 0.5) is 10.8 Å². The highest BCUT2D eigenvalue weighted by Gasteiger charge is 2.17. The molecule has 1 atom stereocenters. The van der Waals surface area contributed by atoms with Gasteiger partial charge in [-0.05, 0) is 76.1 Å².